The number of ether oxygens (including phenoxy) is 1. The van der Waals surface area contributed by atoms with E-state index in [1.165, 1.54) is 32.4 Å². The summed E-state index contributed by atoms with van der Waals surface area (Å²) in [5.41, 5.74) is 1.03. The highest BCUT2D eigenvalue weighted by molar-refractivity contribution is 7.88. The SMILES string of the molecule is COC(=O)c1c(NC(=O)CN(C)S(C)(=O)=O)sc2c1CCN(C(C)=O)C2. The summed E-state index contributed by atoms with van der Waals surface area (Å²) in [6.45, 7) is 1.94. The lowest BCUT2D eigenvalue weighted by Crippen LogP contribution is -2.34. The van der Waals surface area contributed by atoms with Gasteiger partial charge in [0.2, 0.25) is 21.8 Å². The van der Waals surface area contributed by atoms with Gasteiger partial charge in [0.25, 0.3) is 0 Å². The predicted octanol–water partition coefficient (Wildman–Crippen LogP) is 0.269. The van der Waals surface area contributed by atoms with E-state index in [4.69, 9.17) is 4.74 Å². The second-order valence-electron chi connectivity index (χ2n) is 5.96. The van der Waals surface area contributed by atoms with Crippen LogP contribution in [0.3, 0.4) is 0 Å². The van der Waals surface area contributed by atoms with Gasteiger partial charge < -0.3 is 15.0 Å². The van der Waals surface area contributed by atoms with Crippen LogP contribution in [0.1, 0.15) is 27.7 Å². The molecule has 2 heterocycles. The van der Waals surface area contributed by atoms with Crippen molar-refractivity contribution in [2.24, 2.45) is 0 Å². The lowest BCUT2D eigenvalue weighted by Gasteiger charge is -2.25. The Hall–Kier alpha value is -1.98. The zero-order valence-electron chi connectivity index (χ0n) is 15.0. The molecule has 1 aliphatic rings. The Bertz CT molecular complexity index is 846. The van der Waals surface area contributed by atoms with Gasteiger partial charge in [0.1, 0.15) is 5.00 Å². The molecule has 0 bridgehead atoms. The smallest absolute Gasteiger partial charge is 0.341 e. The first-order chi connectivity index (χ1) is 12.0. The van der Waals surface area contributed by atoms with Gasteiger partial charge in [-0.2, -0.15) is 4.31 Å². The first-order valence-electron chi connectivity index (χ1n) is 7.74. The fourth-order valence-corrected chi connectivity index (χ4v) is 4.18. The van der Waals surface area contributed by atoms with Crippen molar-refractivity contribution in [2.75, 3.05) is 38.8 Å². The topological polar surface area (TPSA) is 113 Å². The van der Waals surface area contributed by atoms with Crippen LogP contribution in [0.2, 0.25) is 0 Å². The molecule has 2 amide bonds. The largest absolute Gasteiger partial charge is 0.465 e. The molecule has 1 N–H and O–H groups in total. The van der Waals surface area contributed by atoms with Gasteiger partial charge in [0, 0.05) is 25.4 Å². The molecule has 0 aromatic carbocycles. The Morgan fingerprint density at radius 2 is 2.00 bits per heavy atom. The quantitative estimate of drug-likeness (QED) is 0.706. The average Bonchev–Trinajstić information content (AvgIpc) is 2.89. The lowest BCUT2D eigenvalue weighted by molar-refractivity contribution is -0.129. The maximum absolute atomic E-state index is 12.2. The molecule has 0 saturated carbocycles. The summed E-state index contributed by atoms with van der Waals surface area (Å²) >= 11 is 1.20. The standard InChI is InChI=1S/C15H21N3O6S2/c1-9(19)18-6-5-10-11(7-18)25-14(13(10)15(21)24-3)16-12(20)8-17(2)26(4,22)23/h5-8H2,1-4H3,(H,16,20). The maximum Gasteiger partial charge on any atom is 0.341 e. The summed E-state index contributed by atoms with van der Waals surface area (Å²) in [5, 5.41) is 2.90. The number of nitrogens with one attached hydrogen (secondary N) is 1. The summed E-state index contributed by atoms with van der Waals surface area (Å²) in [7, 11) is -0.958. The number of methoxy groups -OCH3 is 1. The summed E-state index contributed by atoms with van der Waals surface area (Å²) in [4.78, 5) is 38.4. The Labute approximate surface area is 156 Å². The molecule has 2 rings (SSSR count). The van der Waals surface area contributed by atoms with E-state index in [0.29, 0.717) is 24.5 Å². The molecule has 0 radical (unpaired) electrons. The first-order valence-corrected chi connectivity index (χ1v) is 10.4. The van der Waals surface area contributed by atoms with Crippen molar-refractivity contribution in [2.45, 2.75) is 19.9 Å². The number of carbonyl (C=O) groups is 3. The molecule has 0 aliphatic carbocycles. The summed E-state index contributed by atoms with van der Waals surface area (Å²) in [6.07, 6.45) is 1.48. The zero-order chi connectivity index (χ0) is 19.6. The summed E-state index contributed by atoms with van der Waals surface area (Å²) < 4.78 is 28.6. The van der Waals surface area contributed by atoms with E-state index in [1.807, 2.05) is 0 Å². The van der Waals surface area contributed by atoms with E-state index in [1.54, 1.807) is 4.90 Å². The van der Waals surface area contributed by atoms with E-state index in [2.05, 4.69) is 5.32 Å². The Balaban J connectivity index is 2.29. The van der Waals surface area contributed by atoms with Crippen LogP contribution in [0.4, 0.5) is 5.00 Å². The maximum atomic E-state index is 12.2. The fourth-order valence-electron chi connectivity index (χ4n) is 2.56. The summed E-state index contributed by atoms with van der Waals surface area (Å²) in [6, 6.07) is 0. The molecular weight excluding hydrogens is 382 g/mol. The molecule has 0 unspecified atom stereocenters. The van der Waals surface area contributed by atoms with Gasteiger partial charge in [-0.1, -0.05) is 0 Å². The third kappa shape index (κ3) is 4.40. The van der Waals surface area contributed by atoms with Gasteiger partial charge in [-0.3, -0.25) is 9.59 Å². The molecule has 1 aromatic rings. The number of likely N-dealkylation sites (N-methyl/N-ethyl adjacent to an activating group) is 1. The van der Waals surface area contributed by atoms with Crippen LogP contribution in [-0.4, -0.2) is 68.9 Å². The van der Waals surface area contributed by atoms with Gasteiger partial charge in [-0.05, 0) is 12.0 Å². The van der Waals surface area contributed by atoms with Crippen molar-refractivity contribution < 1.29 is 27.5 Å². The molecular formula is C15H21N3O6S2. The molecule has 1 aromatic heterocycles. The van der Waals surface area contributed by atoms with Gasteiger partial charge >= 0.3 is 5.97 Å². The zero-order valence-corrected chi connectivity index (χ0v) is 16.6. The molecule has 0 spiro atoms. The van der Waals surface area contributed by atoms with Crippen LogP contribution in [0.15, 0.2) is 0 Å². The predicted molar refractivity (Wildman–Crippen MR) is 96.6 cm³/mol. The molecule has 9 nitrogen and oxygen atoms in total. The average molecular weight is 403 g/mol. The monoisotopic (exact) mass is 403 g/mol. The molecule has 0 saturated heterocycles. The number of sulfonamides is 1. The van der Waals surface area contributed by atoms with Crippen LogP contribution in [-0.2, 0) is 37.3 Å². The number of nitrogens with zero attached hydrogens (tertiary/aromatic N) is 2. The van der Waals surface area contributed by atoms with Crippen molar-refractivity contribution >= 4 is 44.1 Å². The van der Waals surface area contributed by atoms with Gasteiger partial charge in [0.15, 0.2) is 0 Å². The normalized spacial score (nSPS) is 14.1. The molecule has 26 heavy (non-hydrogen) atoms. The van der Waals surface area contributed by atoms with E-state index in [-0.39, 0.29) is 18.0 Å². The van der Waals surface area contributed by atoms with E-state index >= 15 is 0 Å². The minimum atomic E-state index is -3.50. The second kappa shape index (κ2) is 7.72. The van der Waals surface area contributed by atoms with Crippen LogP contribution in [0, 0.1) is 0 Å². The fraction of sp³-hybridized carbons (Fsp3) is 0.533. The number of hydrogen-bond donors (Lipinski definition) is 1. The number of rotatable bonds is 5. The number of thiophene rings is 1. The molecule has 144 valence electrons. The number of fused-ring (bicyclic) bond motifs is 1. The number of anilines is 1. The number of carbonyl (C=O) groups excluding carboxylic acids is 3. The van der Waals surface area contributed by atoms with Crippen molar-refractivity contribution in [1.29, 1.82) is 0 Å². The molecule has 11 heteroatoms. The highest BCUT2D eigenvalue weighted by atomic mass is 32.2. The van der Waals surface area contributed by atoms with Gasteiger partial charge in [-0.25, -0.2) is 13.2 Å². The summed E-state index contributed by atoms with van der Waals surface area (Å²) in [5.74, 6) is -1.21. The van der Waals surface area contributed by atoms with Gasteiger partial charge in [-0.15, -0.1) is 11.3 Å². The highest BCUT2D eigenvalue weighted by Crippen LogP contribution is 2.37. The minimum absolute atomic E-state index is 0.0657. The van der Waals surface area contributed by atoms with Crippen molar-refractivity contribution in [1.82, 2.24) is 9.21 Å². The number of esters is 1. The van der Waals surface area contributed by atoms with Crippen molar-refractivity contribution in [3.8, 4) is 0 Å². The van der Waals surface area contributed by atoms with Crippen LogP contribution in [0.5, 0.6) is 0 Å². The Kier molecular flexibility index (Phi) is 6.04. The van der Waals surface area contributed by atoms with E-state index in [0.717, 1.165) is 21.0 Å². The molecule has 0 atom stereocenters. The van der Waals surface area contributed by atoms with Crippen LogP contribution >= 0.6 is 11.3 Å². The van der Waals surface area contributed by atoms with Crippen molar-refractivity contribution in [3.63, 3.8) is 0 Å². The third-order valence-corrected chi connectivity index (χ3v) is 6.47. The minimum Gasteiger partial charge on any atom is -0.465 e. The van der Waals surface area contributed by atoms with Crippen LogP contribution < -0.4 is 5.32 Å². The Morgan fingerprint density at radius 1 is 1.35 bits per heavy atom. The lowest BCUT2D eigenvalue weighted by atomic mass is 10.0. The highest BCUT2D eigenvalue weighted by Gasteiger charge is 2.30. The first kappa shape index (κ1) is 20.3. The molecule has 0 fully saturated rings. The van der Waals surface area contributed by atoms with Crippen molar-refractivity contribution in [3.05, 3.63) is 16.0 Å². The van der Waals surface area contributed by atoms with Gasteiger partial charge in [0.05, 0.1) is 32.0 Å². The second-order valence-corrected chi connectivity index (χ2v) is 9.15. The van der Waals surface area contributed by atoms with E-state index in [9.17, 15) is 22.8 Å². The van der Waals surface area contributed by atoms with E-state index < -0.39 is 21.9 Å². The number of amides is 2. The van der Waals surface area contributed by atoms with Crippen LogP contribution in [0.25, 0.3) is 0 Å². The third-order valence-electron chi connectivity index (χ3n) is 4.08. The molecule has 1 aliphatic heterocycles. The Morgan fingerprint density at radius 3 is 2.54 bits per heavy atom. The number of hydrogen-bond acceptors (Lipinski definition) is 7.